The Balaban J connectivity index is 2.93. The standard InChI is InChI=1S/C11H11ClF3NO3/c1-10(19,9(17)18)5-16-8-4-6(11(13,14)15)2-3-7(8)12/h2-4,16,19H,5H2,1H3,(H,17,18). The fraction of sp³-hybridized carbons (Fsp3) is 0.364. The molecule has 0 aromatic heterocycles. The predicted molar refractivity (Wildman–Crippen MR) is 63.2 cm³/mol. The number of benzene rings is 1. The molecule has 4 nitrogen and oxygen atoms in total. The topological polar surface area (TPSA) is 69.6 Å². The average molecular weight is 298 g/mol. The number of alkyl halides is 3. The van der Waals surface area contributed by atoms with E-state index in [1.54, 1.807) is 0 Å². The van der Waals surface area contributed by atoms with Crippen molar-refractivity contribution < 1.29 is 28.2 Å². The number of anilines is 1. The molecular weight excluding hydrogens is 287 g/mol. The lowest BCUT2D eigenvalue weighted by molar-refractivity contribution is -0.155. The summed E-state index contributed by atoms with van der Waals surface area (Å²) >= 11 is 5.70. The molecule has 0 radical (unpaired) electrons. The van der Waals surface area contributed by atoms with Gasteiger partial charge in [-0.15, -0.1) is 0 Å². The normalized spacial score (nSPS) is 14.8. The molecule has 0 heterocycles. The average Bonchev–Trinajstić information content (AvgIpc) is 2.26. The molecule has 106 valence electrons. The summed E-state index contributed by atoms with van der Waals surface area (Å²) in [6, 6.07) is 2.60. The van der Waals surface area contributed by atoms with Crippen molar-refractivity contribution >= 4 is 23.3 Å². The van der Waals surface area contributed by atoms with E-state index >= 15 is 0 Å². The number of carboxylic acid groups (broad SMARTS) is 1. The van der Waals surface area contributed by atoms with E-state index in [2.05, 4.69) is 5.32 Å². The van der Waals surface area contributed by atoms with Gasteiger partial charge in [0.1, 0.15) is 0 Å². The molecule has 3 N–H and O–H groups in total. The molecule has 1 unspecified atom stereocenters. The largest absolute Gasteiger partial charge is 0.479 e. The first-order chi connectivity index (χ1) is 8.54. The molecule has 0 fully saturated rings. The van der Waals surface area contributed by atoms with Gasteiger partial charge in [-0.25, -0.2) is 4.79 Å². The van der Waals surface area contributed by atoms with Crippen LogP contribution in [0.25, 0.3) is 0 Å². The summed E-state index contributed by atoms with van der Waals surface area (Å²) in [7, 11) is 0. The molecule has 1 aromatic carbocycles. The number of carbonyl (C=O) groups is 1. The van der Waals surface area contributed by atoms with E-state index in [-0.39, 0.29) is 10.7 Å². The minimum absolute atomic E-state index is 0.00538. The molecule has 0 bridgehead atoms. The van der Waals surface area contributed by atoms with E-state index in [9.17, 15) is 23.1 Å². The minimum Gasteiger partial charge on any atom is -0.479 e. The number of aliphatic hydroxyl groups is 1. The summed E-state index contributed by atoms with van der Waals surface area (Å²) < 4.78 is 37.5. The highest BCUT2D eigenvalue weighted by atomic mass is 35.5. The van der Waals surface area contributed by atoms with Crippen LogP contribution in [0.5, 0.6) is 0 Å². The van der Waals surface area contributed by atoms with E-state index in [0.717, 1.165) is 25.1 Å². The van der Waals surface area contributed by atoms with Crippen LogP contribution in [0.4, 0.5) is 18.9 Å². The van der Waals surface area contributed by atoms with E-state index in [0.29, 0.717) is 0 Å². The van der Waals surface area contributed by atoms with Gasteiger partial charge >= 0.3 is 12.1 Å². The third-order valence-corrected chi connectivity index (χ3v) is 2.71. The molecule has 0 spiro atoms. The predicted octanol–water partition coefficient (Wildman–Crippen LogP) is 2.61. The molecule has 0 saturated heterocycles. The van der Waals surface area contributed by atoms with Crippen LogP contribution >= 0.6 is 11.6 Å². The Kier molecular flexibility index (Phi) is 4.32. The van der Waals surface area contributed by atoms with Gasteiger partial charge in [0.2, 0.25) is 0 Å². The van der Waals surface area contributed by atoms with Crippen molar-refractivity contribution in [1.82, 2.24) is 0 Å². The summed E-state index contributed by atoms with van der Waals surface area (Å²) in [5, 5.41) is 20.5. The van der Waals surface area contributed by atoms with Gasteiger partial charge in [0, 0.05) is 0 Å². The van der Waals surface area contributed by atoms with Crippen LogP contribution in [-0.4, -0.2) is 28.3 Å². The first-order valence-electron chi connectivity index (χ1n) is 5.10. The van der Waals surface area contributed by atoms with Gasteiger partial charge in [-0.1, -0.05) is 11.6 Å². The monoisotopic (exact) mass is 297 g/mol. The maximum atomic E-state index is 12.5. The Morgan fingerprint density at radius 1 is 1.42 bits per heavy atom. The Hall–Kier alpha value is -1.47. The van der Waals surface area contributed by atoms with E-state index in [1.807, 2.05) is 0 Å². The molecule has 1 rings (SSSR count). The van der Waals surface area contributed by atoms with Gasteiger partial charge in [0.05, 0.1) is 22.8 Å². The summed E-state index contributed by atoms with van der Waals surface area (Å²) in [5.74, 6) is -1.50. The first-order valence-corrected chi connectivity index (χ1v) is 5.48. The highest BCUT2D eigenvalue weighted by molar-refractivity contribution is 6.33. The van der Waals surface area contributed by atoms with Crippen molar-refractivity contribution in [3.63, 3.8) is 0 Å². The Morgan fingerprint density at radius 2 is 2.00 bits per heavy atom. The highest BCUT2D eigenvalue weighted by Crippen LogP contribution is 2.33. The van der Waals surface area contributed by atoms with Gasteiger partial charge in [-0.3, -0.25) is 0 Å². The quantitative estimate of drug-likeness (QED) is 0.799. The summed E-state index contributed by atoms with van der Waals surface area (Å²) in [4.78, 5) is 10.7. The molecule has 0 aliphatic carbocycles. The maximum Gasteiger partial charge on any atom is 0.416 e. The molecule has 0 aliphatic heterocycles. The number of nitrogens with one attached hydrogen (secondary N) is 1. The van der Waals surface area contributed by atoms with E-state index in [4.69, 9.17) is 16.7 Å². The van der Waals surface area contributed by atoms with E-state index in [1.165, 1.54) is 0 Å². The summed E-state index contributed by atoms with van der Waals surface area (Å²) in [6.45, 7) is 0.535. The van der Waals surface area contributed by atoms with Crippen molar-refractivity contribution in [2.45, 2.75) is 18.7 Å². The van der Waals surface area contributed by atoms with Crippen LogP contribution in [0, 0.1) is 0 Å². The van der Waals surface area contributed by atoms with Gasteiger partial charge in [0.15, 0.2) is 5.60 Å². The Labute approximate surface area is 111 Å². The number of halogens is 4. The molecule has 0 aliphatic rings. The smallest absolute Gasteiger partial charge is 0.416 e. The van der Waals surface area contributed by atoms with Gasteiger partial charge in [0.25, 0.3) is 0 Å². The molecule has 0 amide bonds. The first kappa shape index (κ1) is 15.6. The number of rotatable bonds is 4. The summed E-state index contributed by atoms with van der Waals surface area (Å²) in [6.07, 6.45) is -4.53. The zero-order chi connectivity index (χ0) is 14.8. The second kappa shape index (κ2) is 5.26. The number of carboxylic acids is 1. The third kappa shape index (κ3) is 4.00. The molecule has 8 heteroatoms. The lowest BCUT2D eigenvalue weighted by atomic mass is 10.1. The zero-order valence-electron chi connectivity index (χ0n) is 9.75. The third-order valence-electron chi connectivity index (χ3n) is 2.38. The van der Waals surface area contributed by atoms with Crippen LogP contribution in [0.1, 0.15) is 12.5 Å². The van der Waals surface area contributed by atoms with Crippen molar-refractivity contribution in [3.8, 4) is 0 Å². The van der Waals surface area contributed by atoms with Crippen molar-refractivity contribution in [2.24, 2.45) is 0 Å². The molecular formula is C11H11ClF3NO3. The lowest BCUT2D eigenvalue weighted by Crippen LogP contribution is -2.41. The van der Waals surface area contributed by atoms with Gasteiger partial charge in [-0.05, 0) is 25.1 Å². The lowest BCUT2D eigenvalue weighted by Gasteiger charge is -2.20. The fourth-order valence-electron chi connectivity index (χ4n) is 1.18. The van der Waals surface area contributed by atoms with Crippen LogP contribution in [0.2, 0.25) is 5.02 Å². The Morgan fingerprint density at radius 3 is 2.47 bits per heavy atom. The number of hydrogen-bond acceptors (Lipinski definition) is 3. The highest BCUT2D eigenvalue weighted by Gasteiger charge is 2.32. The van der Waals surface area contributed by atoms with E-state index < -0.39 is 29.9 Å². The van der Waals surface area contributed by atoms with Gasteiger partial charge in [-0.2, -0.15) is 13.2 Å². The SMILES string of the molecule is CC(O)(CNc1cc(C(F)(F)F)ccc1Cl)C(=O)O. The van der Waals surface area contributed by atoms with Crippen LogP contribution in [0.15, 0.2) is 18.2 Å². The minimum atomic E-state index is -4.53. The molecule has 1 atom stereocenters. The van der Waals surface area contributed by atoms with Crippen molar-refractivity contribution in [1.29, 1.82) is 0 Å². The number of aliphatic carboxylic acids is 1. The van der Waals surface area contributed by atoms with Crippen LogP contribution in [0.3, 0.4) is 0 Å². The van der Waals surface area contributed by atoms with Crippen molar-refractivity contribution in [3.05, 3.63) is 28.8 Å². The summed E-state index contributed by atoms with van der Waals surface area (Å²) in [5.41, 5.74) is -3.13. The molecule has 19 heavy (non-hydrogen) atoms. The maximum absolute atomic E-state index is 12.5. The number of hydrogen-bond donors (Lipinski definition) is 3. The zero-order valence-corrected chi connectivity index (χ0v) is 10.5. The second-order valence-electron chi connectivity index (χ2n) is 4.12. The Bertz CT molecular complexity index is 489. The van der Waals surface area contributed by atoms with Crippen molar-refractivity contribution in [2.75, 3.05) is 11.9 Å². The molecule has 0 saturated carbocycles. The van der Waals surface area contributed by atoms with Crippen LogP contribution in [-0.2, 0) is 11.0 Å². The van der Waals surface area contributed by atoms with Crippen LogP contribution < -0.4 is 5.32 Å². The molecule has 1 aromatic rings. The fourth-order valence-corrected chi connectivity index (χ4v) is 1.36. The van der Waals surface area contributed by atoms with Gasteiger partial charge < -0.3 is 15.5 Å². The second-order valence-corrected chi connectivity index (χ2v) is 4.53.